The lowest BCUT2D eigenvalue weighted by molar-refractivity contribution is 0.214. The van der Waals surface area contributed by atoms with E-state index in [0.717, 1.165) is 24.1 Å². The van der Waals surface area contributed by atoms with Crippen molar-refractivity contribution in [2.45, 2.75) is 78.3 Å². The van der Waals surface area contributed by atoms with Crippen molar-refractivity contribution in [2.75, 3.05) is 13.6 Å². The van der Waals surface area contributed by atoms with Crippen LogP contribution >= 0.6 is 11.3 Å². The zero-order valence-electron chi connectivity index (χ0n) is 21.5. The van der Waals surface area contributed by atoms with Gasteiger partial charge in [0, 0.05) is 24.3 Å². The van der Waals surface area contributed by atoms with E-state index in [-0.39, 0.29) is 0 Å². The molecule has 33 heavy (non-hydrogen) atoms. The van der Waals surface area contributed by atoms with Crippen LogP contribution in [0.5, 0.6) is 0 Å². The van der Waals surface area contributed by atoms with Gasteiger partial charge >= 0.3 is 0 Å². The summed E-state index contributed by atoms with van der Waals surface area (Å²) in [5, 5.41) is 3.48. The summed E-state index contributed by atoms with van der Waals surface area (Å²) in [6, 6.07) is 9.76. The van der Waals surface area contributed by atoms with E-state index in [1.54, 1.807) is 11.3 Å². The minimum atomic E-state index is 0.464. The van der Waals surface area contributed by atoms with E-state index in [9.17, 15) is 0 Å². The van der Waals surface area contributed by atoms with Gasteiger partial charge in [0.1, 0.15) is 0 Å². The van der Waals surface area contributed by atoms with Crippen LogP contribution in [0.15, 0.2) is 54.2 Å². The maximum absolute atomic E-state index is 4.40. The first kappa shape index (κ1) is 25.7. The number of nitrogens with zero attached hydrogens (tertiary/aromatic N) is 2. The zero-order chi connectivity index (χ0) is 24.1. The van der Waals surface area contributed by atoms with Crippen LogP contribution in [-0.2, 0) is 0 Å². The summed E-state index contributed by atoms with van der Waals surface area (Å²) in [5.41, 5.74) is 8.27. The second-order valence-corrected chi connectivity index (χ2v) is 11.2. The topological polar surface area (TPSA) is 28.2 Å². The minimum absolute atomic E-state index is 0.464. The third-order valence-electron chi connectivity index (χ3n) is 7.32. The largest absolute Gasteiger partial charge is 0.367 e. The fourth-order valence-corrected chi connectivity index (χ4v) is 5.87. The Morgan fingerprint density at radius 1 is 1.18 bits per heavy atom. The summed E-state index contributed by atoms with van der Waals surface area (Å²) in [6.07, 6.45) is 5.32. The first-order chi connectivity index (χ1) is 15.7. The van der Waals surface area contributed by atoms with Crippen LogP contribution < -0.4 is 5.32 Å². The molecule has 2 unspecified atom stereocenters. The van der Waals surface area contributed by atoms with Crippen LogP contribution in [0.2, 0.25) is 0 Å². The van der Waals surface area contributed by atoms with E-state index in [4.69, 9.17) is 0 Å². The fourth-order valence-electron chi connectivity index (χ4n) is 5.06. The number of rotatable bonds is 7. The highest BCUT2D eigenvalue weighted by molar-refractivity contribution is 7.13. The lowest BCUT2D eigenvalue weighted by atomic mass is 9.78. The Morgan fingerprint density at radius 3 is 2.30 bits per heavy atom. The molecule has 4 rings (SSSR count). The van der Waals surface area contributed by atoms with Gasteiger partial charge in [-0.1, -0.05) is 70.2 Å². The van der Waals surface area contributed by atoms with Gasteiger partial charge in [0.25, 0.3) is 0 Å². The number of likely N-dealkylation sites (tertiary alicyclic amines) is 1. The Hall–Kier alpha value is -1.91. The second kappa shape index (κ2) is 11.5. The number of hydrogen-bond acceptors (Lipinski definition) is 4. The van der Waals surface area contributed by atoms with Crippen LogP contribution in [0.4, 0.5) is 0 Å². The number of nitrogens with one attached hydrogen (secondary N) is 1. The molecule has 3 nitrogen and oxygen atoms in total. The normalized spacial score (nSPS) is 21.4. The summed E-state index contributed by atoms with van der Waals surface area (Å²) in [5.74, 6) is 2.15. The highest BCUT2D eigenvalue weighted by Crippen LogP contribution is 2.37. The molecule has 180 valence electrons. The predicted octanol–water partition coefficient (Wildman–Crippen LogP) is 7.42. The van der Waals surface area contributed by atoms with Crippen molar-refractivity contribution in [1.29, 1.82) is 0 Å². The van der Waals surface area contributed by atoms with Crippen molar-refractivity contribution in [3.05, 3.63) is 65.5 Å². The number of aromatic nitrogens is 1. The molecule has 0 spiro atoms. The molecule has 1 saturated heterocycles. The molecule has 0 bridgehead atoms. The Bertz CT molecular complexity index is 923. The minimum Gasteiger partial charge on any atom is -0.367 e. The van der Waals surface area contributed by atoms with Crippen LogP contribution in [-0.4, -0.2) is 35.6 Å². The molecule has 1 aliphatic carbocycles. The summed E-state index contributed by atoms with van der Waals surface area (Å²) in [4.78, 5) is 8.06. The van der Waals surface area contributed by atoms with Crippen LogP contribution in [0.1, 0.15) is 70.6 Å². The van der Waals surface area contributed by atoms with E-state index >= 15 is 0 Å². The highest BCUT2D eigenvalue weighted by atomic mass is 32.1. The van der Waals surface area contributed by atoms with Gasteiger partial charge in [-0.3, -0.25) is 0 Å². The van der Waals surface area contributed by atoms with Crippen LogP contribution in [0.25, 0.3) is 10.4 Å². The summed E-state index contributed by atoms with van der Waals surface area (Å²) < 4.78 is 0. The van der Waals surface area contributed by atoms with Gasteiger partial charge in [-0.05, 0) is 69.0 Å². The summed E-state index contributed by atoms with van der Waals surface area (Å²) in [7, 11) is 2.07. The van der Waals surface area contributed by atoms with E-state index in [1.807, 2.05) is 5.51 Å². The molecule has 0 amide bonds. The number of aryl methyl sites for hydroxylation is 1. The van der Waals surface area contributed by atoms with Gasteiger partial charge in [-0.15, -0.1) is 11.3 Å². The highest BCUT2D eigenvalue weighted by Gasteiger charge is 2.36. The van der Waals surface area contributed by atoms with Crippen molar-refractivity contribution in [2.24, 2.45) is 11.8 Å². The number of hydrogen-bond donors (Lipinski definition) is 1. The fraction of sp³-hybridized carbons (Fsp3) is 0.552. The van der Waals surface area contributed by atoms with E-state index in [0.29, 0.717) is 18.0 Å². The summed E-state index contributed by atoms with van der Waals surface area (Å²) in [6.45, 7) is 20.7. The molecule has 1 aromatic carbocycles. The molecule has 2 aromatic rings. The molecule has 2 heterocycles. The van der Waals surface area contributed by atoms with Gasteiger partial charge in [-0.2, -0.15) is 0 Å². The molecule has 0 radical (unpaired) electrons. The van der Waals surface area contributed by atoms with Gasteiger partial charge < -0.3 is 10.2 Å². The van der Waals surface area contributed by atoms with Crippen molar-refractivity contribution < 1.29 is 0 Å². The lowest BCUT2D eigenvalue weighted by Gasteiger charge is -2.40. The van der Waals surface area contributed by atoms with Gasteiger partial charge in [0.15, 0.2) is 0 Å². The van der Waals surface area contributed by atoms with Gasteiger partial charge in [-0.25, -0.2) is 4.98 Å². The third kappa shape index (κ3) is 6.16. The molecule has 2 fully saturated rings. The molecular weight excluding hydrogens is 422 g/mol. The van der Waals surface area contributed by atoms with Crippen molar-refractivity contribution in [3.8, 4) is 10.4 Å². The average Bonchev–Trinajstić information content (AvgIpc) is 3.36. The molecular formula is C29H43N3S. The monoisotopic (exact) mass is 465 g/mol. The first-order valence-corrected chi connectivity index (χ1v) is 13.4. The molecule has 1 saturated carbocycles. The van der Waals surface area contributed by atoms with Gasteiger partial charge in [0.05, 0.1) is 16.1 Å². The standard InChI is InChI=1S/C16H28N2.C13H15NS/c1-11(2)15-9-12(3)10-18(15)13(4)16(17-5)14-7-6-8-14;1-9(2)11-4-6-12(7-5-11)13-10(3)14-8-15-13/h12,14-17H,1,4,6-10H2,2-3,5H3;4-9H,1-3H3/t12-,15?,16?;/m1./s1. The zero-order valence-corrected chi connectivity index (χ0v) is 22.3. The second-order valence-electron chi connectivity index (χ2n) is 10.3. The molecule has 1 aliphatic heterocycles. The molecule has 4 heteroatoms. The van der Waals surface area contributed by atoms with E-state index in [1.165, 1.54) is 53.0 Å². The lowest BCUT2D eigenvalue weighted by Crippen LogP contribution is -2.45. The van der Waals surface area contributed by atoms with E-state index in [2.05, 4.69) is 94.3 Å². The SMILES string of the molecule is C=C(C)C1C[C@@H](C)CN1C(=C)C(NC)C1CCC1.Cc1ncsc1-c1ccc(C(C)C)cc1. The average molecular weight is 466 g/mol. The third-order valence-corrected chi connectivity index (χ3v) is 8.30. The van der Waals surface area contributed by atoms with Gasteiger partial charge in [0.2, 0.25) is 0 Å². The van der Waals surface area contributed by atoms with Crippen LogP contribution in [0.3, 0.4) is 0 Å². The molecule has 1 N–H and O–H groups in total. The Kier molecular flexibility index (Phi) is 8.95. The van der Waals surface area contributed by atoms with Crippen molar-refractivity contribution in [1.82, 2.24) is 15.2 Å². The molecule has 2 aliphatic rings. The number of likely N-dealkylation sites (N-methyl/N-ethyl adjacent to an activating group) is 1. The predicted molar refractivity (Wildman–Crippen MR) is 145 cm³/mol. The maximum Gasteiger partial charge on any atom is 0.0801 e. The molecule has 3 atom stereocenters. The smallest absolute Gasteiger partial charge is 0.0801 e. The van der Waals surface area contributed by atoms with E-state index < -0.39 is 0 Å². The number of thiazole rings is 1. The Morgan fingerprint density at radius 2 is 1.85 bits per heavy atom. The van der Waals surface area contributed by atoms with Crippen LogP contribution in [0, 0.1) is 18.8 Å². The van der Waals surface area contributed by atoms with Crippen molar-refractivity contribution in [3.63, 3.8) is 0 Å². The molecule has 1 aromatic heterocycles. The first-order valence-electron chi connectivity index (χ1n) is 12.5. The maximum atomic E-state index is 4.40. The quantitative estimate of drug-likeness (QED) is 0.431. The Balaban J connectivity index is 0.000000189. The number of benzene rings is 1. The van der Waals surface area contributed by atoms with Crippen molar-refractivity contribution >= 4 is 11.3 Å². The Labute approximate surface area is 206 Å². The summed E-state index contributed by atoms with van der Waals surface area (Å²) >= 11 is 1.71.